The van der Waals surface area contributed by atoms with E-state index in [1.54, 1.807) is 6.92 Å². The summed E-state index contributed by atoms with van der Waals surface area (Å²) in [6, 6.07) is 2.13. The normalized spacial score (nSPS) is 11.4. The van der Waals surface area contributed by atoms with Crippen LogP contribution in [0.15, 0.2) is 17.0 Å². The predicted octanol–water partition coefficient (Wildman–Crippen LogP) is 2.13. The Hall–Kier alpha value is -1.91. The predicted molar refractivity (Wildman–Crippen MR) is 75.0 cm³/mol. The van der Waals surface area contributed by atoms with Crippen molar-refractivity contribution in [1.82, 2.24) is 15.2 Å². The van der Waals surface area contributed by atoms with Gasteiger partial charge < -0.3 is 0 Å². The topological polar surface area (TPSA) is 131 Å². The molecule has 9 nitrogen and oxygen atoms in total. The van der Waals surface area contributed by atoms with Crippen molar-refractivity contribution in [3.05, 3.63) is 38.1 Å². The fourth-order valence-corrected chi connectivity index (χ4v) is 3.30. The second kappa shape index (κ2) is 5.47. The molecule has 2 aromatic rings. The zero-order chi connectivity index (χ0) is 15.8. The lowest BCUT2D eigenvalue weighted by Gasteiger charge is -2.07. The molecule has 21 heavy (non-hydrogen) atoms. The number of nitrogens with zero attached hydrogens (tertiary/aromatic N) is 3. The van der Waals surface area contributed by atoms with E-state index in [0.29, 0.717) is 5.82 Å². The Morgan fingerprint density at radius 2 is 2.05 bits per heavy atom. The molecular weight excluding hydrogens is 345 g/mol. The number of hydrogen-bond acceptors (Lipinski definition) is 6. The molecule has 0 saturated carbocycles. The van der Waals surface area contributed by atoms with Gasteiger partial charge in [-0.05, 0) is 19.1 Å². The van der Waals surface area contributed by atoms with Gasteiger partial charge in [0.2, 0.25) is 0 Å². The van der Waals surface area contributed by atoms with Crippen molar-refractivity contribution in [2.75, 3.05) is 4.72 Å². The Kier molecular flexibility index (Phi) is 4.03. The van der Waals surface area contributed by atoms with Gasteiger partial charge in [-0.15, -0.1) is 5.10 Å². The van der Waals surface area contributed by atoms with Crippen molar-refractivity contribution >= 4 is 44.9 Å². The number of sulfonamides is 1. The Balaban J connectivity index is 2.50. The Bertz CT molecular complexity index is 820. The summed E-state index contributed by atoms with van der Waals surface area (Å²) >= 11 is 11.4. The highest BCUT2D eigenvalue weighted by Crippen LogP contribution is 2.37. The van der Waals surface area contributed by atoms with Crippen LogP contribution in [0.1, 0.15) is 5.82 Å². The molecule has 0 saturated heterocycles. The van der Waals surface area contributed by atoms with Crippen LogP contribution in [-0.2, 0) is 10.0 Å². The van der Waals surface area contributed by atoms with E-state index in [1.807, 2.05) is 0 Å². The highest BCUT2D eigenvalue weighted by atomic mass is 35.5. The number of aromatic nitrogens is 3. The molecule has 12 heteroatoms. The standard InChI is InChI=1S/C9H7Cl2N5O4S/c1-4-12-9(14-13-4)15-21(19,20)6-3-2-5(10)8(7(6)11)16(17)18/h2-3H,1H3,(H2,12,13,14,15). The summed E-state index contributed by atoms with van der Waals surface area (Å²) in [6.07, 6.45) is 0. The first kappa shape index (κ1) is 15.5. The molecule has 112 valence electrons. The van der Waals surface area contributed by atoms with Crippen LogP contribution < -0.4 is 4.72 Å². The maximum absolute atomic E-state index is 12.2. The SMILES string of the molecule is Cc1nc(NS(=O)(=O)c2ccc(Cl)c([N+](=O)[O-])c2Cl)n[nH]1. The smallest absolute Gasteiger partial charge is 0.261 e. The molecule has 0 aliphatic heterocycles. The van der Waals surface area contributed by atoms with E-state index in [1.165, 1.54) is 0 Å². The molecule has 0 amide bonds. The van der Waals surface area contributed by atoms with Crippen molar-refractivity contribution < 1.29 is 13.3 Å². The molecule has 0 spiro atoms. The van der Waals surface area contributed by atoms with Crippen LogP contribution in [0.25, 0.3) is 0 Å². The van der Waals surface area contributed by atoms with Crippen LogP contribution in [0, 0.1) is 17.0 Å². The van der Waals surface area contributed by atoms with E-state index in [9.17, 15) is 18.5 Å². The number of benzene rings is 1. The molecule has 0 bridgehead atoms. The van der Waals surface area contributed by atoms with E-state index < -0.39 is 30.6 Å². The minimum absolute atomic E-state index is 0.207. The molecule has 1 heterocycles. The molecule has 0 fully saturated rings. The molecule has 0 unspecified atom stereocenters. The van der Waals surface area contributed by atoms with Crippen LogP contribution in [-0.4, -0.2) is 28.5 Å². The Morgan fingerprint density at radius 3 is 2.57 bits per heavy atom. The van der Waals surface area contributed by atoms with Gasteiger partial charge in [-0.2, -0.15) is 4.98 Å². The van der Waals surface area contributed by atoms with E-state index in [0.717, 1.165) is 12.1 Å². The average Bonchev–Trinajstić information content (AvgIpc) is 2.72. The van der Waals surface area contributed by atoms with Crippen LogP contribution in [0.4, 0.5) is 11.6 Å². The molecule has 2 N–H and O–H groups in total. The number of nitro benzene ring substituents is 1. The second-order valence-corrected chi connectivity index (χ2v) is 6.25. The lowest BCUT2D eigenvalue weighted by molar-refractivity contribution is -0.384. The van der Waals surface area contributed by atoms with Crippen LogP contribution in [0.2, 0.25) is 10.0 Å². The van der Waals surface area contributed by atoms with Gasteiger partial charge in [-0.3, -0.25) is 15.2 Å². The number of nitro groups is 1. The van der Waals surface area contributed by atoms with Crippen molar-refractivity contribution in [3.63, 3.8) is 0 Å². The first-order chi connectivity index (χ1) is 9.72. The van der Waals surface area contributed by atoms with Gasteiger partial charge in [0.1, 0.15) is 20.8 Å². The first-order valence-electron chi connectivity index (χ1n) is 5.26. The highest BCUT2D eigenvalue weighted by Gasteiger charge is 2.28. The summed E-state index contributed by atoms with van der Waals surface area (Å²) in [6.45, 7) is 1.57. The third-order valence-electron chi connectivity index (χ3n) is 2.33. The number of rotatable bonds is 4. The summed E-state index contributed by atoms with van der Waals surface area (Å²) in [5.41, 5.74) is -0.688. The molecule has 1 aromatic heterocycles. The summed E-state index contributed by atoms with van der Waals surface area (Å²) in [4.78, 5) is 13.3. The van der Waals surface area contributed by atoms with Gasteiger partial charge in [0, 0.05) is 0 Å². The van der Waals surface area contributed by atoms with E-state index >= 15 is 0 Å². The van der Waals surface area contributed by atoms with Gasteiger partial charge in [0.25, 0.3) is 16.0 Å². The lowest BCUT2D eigenvalue weighted by atomic mass is 10.3. The molecule has 0 aliphatic rings. The van der Waals surface area contributed by atoms with Crippen LogP contribution in [0.5, 0.6) is 0 Å². The highest BCUT2D eigenvalue weighted by molar-refractivity contribution is 7.92. The molecule has 1 aromatic carbocycles. The average molecular weight is 352 g/mol. The third-order valence-corrected chi connectivity index (χ3v) is 4.50. The largest absolute Gasteiger partial charge is 0.307 e. The fraction of sp³-hybridized carbons (Fsp3) is 0.111. The zero-order valence-corrected chi connectivity index (χ0v) is 12.6. The van der Waals surface area contributed by atoms with E-state index in [2.05, 4.69) is 19.9 Å². The number of hydrogen-bond donors (Lipinski definition) is 2. The van der Waals surface area contributed by atoms with Crippen molar-refractivity contribution in [1.29, 1.82) is 0 Å². The van der Waals surface area contributed by atoms with Crippen LogP contribution in [0.3, 0.4) is 0 Å². The van der Waals surface area contributed by atoms with E-state index in [4.69, 9.17) is 23.2 Å². The minimum atomic E-state index is -4.19. The van der Waals surface area contributed by atoms with E-state index in [-0.39, 0.29) is 11.0 Å². The number of H-pyrrole nitrogens is 1. The van der Waals surface area contributed by atoms with Gasteiger partial charge >= 0.3 is 5.69 Å². The fourth-order valence-electron chi connectivity index (χ4n) is 1.46. The summed E-state index contributed by atoms with van der Waals surface area (Å²) < 4.78 is 26.4. The van der Waals surface area contributed by atoms with Gasteiger partial charge in [0.15, 0.2) is 0 Å². The molecular formula is C9H7Cl2N5O4S. The summed E-state index contributed by atoms with van der Waals surface area (Å²) in [7, 11) is -4.19. The lowest BCUT2D eigenvalue weighted by Crippen LogP contribution is -2.15. The maximum atomic E-state index is 12.2. The summed E-state index contributed by atoms with van der Waals surface area (Å²) in [5, 5.41) is 16.1. The number of aromatic amines is 1. The van der Waals surface area contributed by atoms with Gasteiger partial charge in [0.05, 0.1) is 4.92 Å². The molecule has 0 radical (unpaired) electrons. The Morgan fingerprint density at radius 1 is 1.38 bits per heavy atom. The van der Waals surface area contributed by atoms with Crippen molar-refractivity contribution in [3.8, 4) is 0 Å². The van der Waals surface area contributed by atoms with Crippen LogP contribution >= 0.6 is 23.2 Å². The first-order valence-corrected chi connectivity index (χ1v) is 7.50. The molecule has 0 aliphatic carbocycles. The Labute approximate surface area is 128 Å². The number of aryl methyl sites for hydroxylation is 1. The zero-order valence-electron chi connectivity index (χ0n) is 10.3. The monoisotopic (exact) mass is 351 g/mol. The van der Waals surface area contributed by atoms with Gasteiger partial charge in [-0.1, -0.05) is 23.2 Å². The van der Waals surface area contributed by atoms with Gasteiger partial charge in [-0.25, -0.2) is 13.1 Å². The number of halogens is 2. The quantitative estimate of drug-likeness (QED) is 0.640. The van der Waals surface area contributed by atoms with Crippen molar-refractivity contribution in [2.24, 2.45) is 0 Å². The second-order valence-electron chi connectivity index (χ2n) is 3.82. The van der Waals surface area contributed by atoms with Crippen molar-refractivity contribution in [2.45, 2.75) is 11.8 Å². The number of anilines is 1. The number of nitrogens with one attached hydrogen (secondary N) is 2. The molecule has 0 atom stereocenters. The third kappa shape index (κ3) is 3.06. The maximum Gasteiger partial charge on any atom is 0.307 e. The minimum Gasteiger partial charge on any atom is -0.261 e. The summed E-state index contributed by atoms with van der Waals surface area (Å²) in [5.74, 6) is 0.182. The molecule has 2 rings (SSSR count).